The molecule has 0 saturated heterocycles. The van der Waals surface area contributed by atoms with E-state index in [4.69, 9.17) is 4.52 Å². The summed E-state index contributed by atoms with van der Waals surface area (Å²) in [6, 6.07) is 4.02. The molecule has 0 unspecified atom stereocenters. The minimum absolute atomic E-state index is 0.594. The molecule has 0 radical (unpaired) electrons. The summed E-state index contributed by atoms with van der Waals surface area (Å²) >= 11 is 0. The molecule has 2 rings (SSSR count). The van der Waals surface area contributed by atoms with Gasteiger partial charge in [0.1, 0.15) is 0 Å². The van der Waals surface area contributed by atoms with Gasteiger partial charge in [-0.15, -0.1) is 0 Å². The maximum Gasteiger partial charge on any atom is 0.240 e. The summed E-state index contributed by atoms with van der Waals surface area (Å²) < 4.78 is 7.12. The van der Waals surface area contributed by atoms with E-state index in [0.717, 1.165) is 5.69 Å². The van der Waals surface area contributed by atoms with E-state index in [1.165, 1.54) is 5.69 Å². The van der Waals surface area contributed by atoms with Crippen molar-refractivity contribution < 1.29 is 4.52 Å². The number of hydrogen-bond acceptors (Lipinski definition) is 4. The highest BCUT2D eigenvalue weighted by molar-refractivity contribution is 5.50. The summed E-state index contributed by atoms with van der Waals surface area (Å²) in [7, 11) is 3.83. The lowest BCUT2D eigenvalue weighted by atomic mass is 10.4. The van der Waals surface area contributed by atoms with Gasteiger partial charge >= 0.3 is 0 Å². The minimum atomic E-state index is 0.594. The van der Waals surface area contributed by atoms with Crippen molar-refractivity contribution in [1.82, 2.24) is 20.0 Å². The molecule has 0 atom stereocenters. The van der Waals surface area contributed by atoms with Crippen LogP contribution in [0, 0.1) is 6.92 Å². The first-order valence-electron chi connectivity index (χ1n) is 4.82. The van der Waals surface area contributed by atoms with Crippen molar-refractivity contribution in [3.05, 3.63) is 23.7 Å². The Morgan fingerprint density at radius 2 is 2.27 bits per heavy atom. The third-order valence-electron chi connectivity index (χ3n) is 2.40. The summed E-state index contributed by atoms with van der Waals surface area (Å²) in [6.45, 7) is 2.63. The molecule has 5 heteroatoms. The fraction of sp³-hybridized carbons (Fsp3) is 0.400. The van der Waals surface area contributed by atoms with Gasteiger partial charge in [0.05, 0.1) is 12.2 Å². The number of aromatic nitrogens is 3. The predicted molar refractivity (Wildman–Crippen MR) is 56.2 cm³/mol. The average molecular weight is 206 g/mol. The lowest BCUT2D eigenvalue weighted by Crippen LogP contribution is -2.05. The van der Waals surface area contributed by atoms with E-state index < -0.39 is 0 Å². The maximum absolute atomic E-state index is 5.09. The van der Waals surface area contributed by atoms with E-state index in [1.54, 1.807) is 0 Å². The smallest absolute Gasteiger partial charge is 0.240 e. The average Bonchev–Trinajstić information content (AvgIpc) is 2.77. The van der Waals surface area contributed by atoms with Crippen LogP contribution >= 0.6 is 0 Å². The first-order valence-corrected chi connectivity index (χ1v) is 4.82. The van der Waals surface area contributed by atoms with Crippen molar-refractivity contribution in [1.29, 1.82) is 0 Å². The predicted octanol–water partition coefficient (Wildman–Crippen LogP) is 1.10. The molecule has 2 aromatic heterocycles. The Hall–Kier alpha value is -1.62. The molecule has 80 valence electrons. The lowest BCUT2D eigenvalue weighted by molar-refractivity contribution is 0.372. The zero-order valence-electron chi connectivity index (χ0n) is 9.11. The van der Waals surface area contributed by atoms with Gasteiger partial charge in [0, 0.05) is 12.7 Å². The molecular formula is C10H14N4O. The second-order valence-electron chi connectivity index (χ2n) is 3.46. The number of aryl methyl sites for hydroxylation is 1. The molecule has 0 fully saturated rings. The van der Waals surface area contributed by atoms with Gasteiger partial charge in [-0.3, -0.25) is 0 Å². The first-order chi connectivity index (χ1) is 7.22. The van der Waals surface area contributed by atoms with Crippen LogP contribution < -0.4 is 5.32 Å². The molecule has 15 heavy (non-hydrogen) atoms. The summed E-state index contributed by atoms with van der Waals surface area (Å²) in [4.78, 5) is 4.28. The second-order valence-corrected chi connectivity index (χ2v) is 3.46. The standard InChI is InChI=1S/C10H14N4O/c1-7-4-5-8(14(7)3)10-12-9(6-11-2)15-13-10/h4-5,11H,6H2,1-3H3. The Morgan fingerprint density at radius 1 is 1.47 bits per heavy atom. The van der Waals surface area contributed by atoms with Gasteiger partial charge in [0.25, 0.3) is 0 Å². The highest BCUT2D eigenvalue weighted by atomic mass is 16.5. The van der Waals surface area contributed by atoms with Crippen LogP contribution in [0.2, 0.25) is 0 Å². The van der Waals surface area contributed by atoms with E-state index in [2.05, 4.69) is 15.5 Å². The normalized spacial score (nSPS) is 10.9. The Bertz CT molecular complexity index is 458. The topological polar surface area (TPSA) is 55.9 Å². The first kappa shape index (κ1) is 9.92. The highest BCUT2D eigenvalue weighted by Gasteiger charge is 2.11. The van der Waals surface area contributed by atoms with E-state index in [0.29, 0.717) is 18.3 Å². The fourth-order valence-corrected chi connectivity index (χ4v) is 1.42. The summed E-state index contributed by atoms with van der Waals surface area (Å²) in [5.41, 5.74) is 2.14. The van der Waals surface area contributed by atoms with Crippen LogP contribution in [0.25, 0.3) is 11.5 Å². The van der Waals surface area contributed by atoms with Crippen molar-refractivity contribution in [2.24, 2.45) is 7.05 Å². The monoisotopic (exact) mass is 206 g/mol. The molecule has 0 aromatic carbocycles. The van der Waals surface area contributed by atoms with Gasteiger partial charge in [0.15, 0.2) is 0 Å². The molecule has 0 aliphatic rings. The van der Waals surface area contributed by atoms with Gasteiger partial charge < -0.3 is 14.4 Å². The lowest BCUT2D eigenvalue weighted by Gasteiger charge is -1.99. The van der Waals surface area contributed by atoms with Gasteiger partial charge in [-0.25, -0.2) is 0 Å². The molecule has 2 heterocycles. The summed E-state index contributed by atoms with van der Waals surface area (Å²) in [5.74, 6) is 1.24. The highest BCUT2D eigenvalue weighted by Crippen LogP contribution is 2.17. The van der Waals surface area contributed by atoms with E-state index in [9.17, 15) is 0 Å². The van der Waals surface area contributed by atoms with Crippen molar-refractivity contribution >= 4 is 0 Å². The second kappa shape index (κ2) is 3.86. The van der Waals surface area contributed by atoms with Crippen LogP contribution in [-0.4, -0.2) is 21.8 Å². The Balaban J connectivity index is 2.33. The zero-order chi connectivity index (χ0) is 10.8. The molecule has 1 N–H and O–H groups in total. The van der Waals surface area contributed by atoms with E-state index in [-0.39, 0.29) is 0 Å². The molecule has 5 nitrogen and oxygen atoms in total. The quantitative estimate of drug-likeness (QED) is 0.817. The van der Waals surface area contributed by atoms with Crippen molar-refractivity contribution in [2.45, 2.75) is 13.5 Å². The van der Waals surface area contributed by atoms with Gasteiger partial charge in [-0.05, 0) is 26.1 Å². The number of hydrogen-bond donors (Lipinski definition) is 1. The third-order valence-corrected chi connectivity index (χ3v) is 2.40. The van der Waals surface area contributed by atoms with Crippen molar-refractivity contribution in [2.75, 3.05) is 7.05 Å². The summed E-state index contributed by atoms with van der Waals surface area (Å²) in [6.07, 6.45) is 0. The zero-order valence-corrected chi connectivity index (χ0v) is 9.11. The van der Waals surface area contributed by atoms with Gasteiger partial charge in [-0.1, -0.05) is 5.16 Å². The molecule has 0 amide bonds. The van der Waals surface area contributed by atoms with Crippen LogP contribution in [0.4, 0.5) is 0 Å². The van der Waals surface area contributed by atoms with Crippen LogP contribution in [0.15, 0.2) is 16.7 Å². The van der Waals surface area contributed by atoms with Crippen LogP contribution in [-0.2, 0) is 13.6 Å². The van der Waals surface area contributed by atoms with Crippen LogP contribution in [0.1, 0.15) is 11.6 Å². The van der Waals surface area contributed by atoms with E-state index in [1.807, 2.05) is 37.7 Å². The number of nitrogens with one attached hydrogen (secondary N) is 1. The Labute approximate surface area is 88.1 Å². The number of nitrogens with zero attached hydrogens (tertiary/aromatic N) is 3. The van der Waals surface area contributed by atoms with Gasteiger partial charge in [0.2, 0.25) is 11.7 Å². The SMILES string of the molecule is CNCc1nc(-c2ccc(C)n2C)no1. The fourth-order valence-electron chi connectivity index (χ4n) is 1.42. The molecule has 2 aromatic rings. The number of rotatable bonds is 3. The molecule has 0 saturated carbocycles. The van der Waals surface area contributed by atoms with Crippen LogP contribution in [0.5, 0.6) is 0 Å². The van der Waals surface area contributed by atoms with Gasteiger partial charge in [-0.2, -0.15) is 4.98 Å². The molecule has 0 bridgehead atoms. The van der Waals surface area contributed by atoms with E-state index >= 15 is 0 Å². The van der Waals surface area contributed by atoms with Crippen molar-refractivity contribution in [3.8, 4) is 11.5 Å². The molecule has 0 spiro atoms. The minimum Gasteiger partial charge on any atom is -0.345 e. The Morgan fingerprint density at radius 3 is 2.87 bits per heavy atom. The van der Waals surface area contributed by atoms with Crippen molar-refractivity contribution in [3.63, 3.8) is 0 Å². The molecule has 0 aliphatic carbocycles. The van der Waals surface area contributed by atoms with Crippen LogP contribution in [0.3, 0.4) is 0 Å². The molecule has 0 aliphatic heterocycles. The Kier molecular flexibility index (Phi) is 2.55. The summed E-state index contributed by atoms with van der Waals surface area (Å²) in [5, 5.41) is 6.90. The largest absolute Gasteiger partial charge is 0.345 e. The molecular weight excluding hydrogens is 192 g/mol. The third kappa shape index (κ3) is 1.78. The maximum atomic E-state index is 5.09.